The van der Waals surface area contributed by atoms with Crippen LogP contribution in [0.4, 0.5) is 10.1 Å². The maximum absolute atomic E-state index is 13.0. The zero-order valence-corrected chi connectivity index (χ0v) is 13.0. The van der Waals surface area contributed by atoms with Crippen molar-refractivity contribution in [1.29, 1.82) is 0 Å². The van der Waals surface area contributed by atoms with Gasteiger partial charge < -0.3 is 15.1 Å². The number of furan rings is 1. The van der Waals surface area contributed by atoms with Gasteiger partial charge in [0.25, 0.3) is 11.8 Å². The molecule has 3 aromatic rings. The van der Waals surface area contributed by atoms with Gasteiger partial charge in [-0.25, -0.2) is 4.98 Å². The summed E-state index contributed by atoms with van der Waals surface area (Å²) in [4.78, 5) is 27.2. The number of hydrogen-bond acceptors (Lipinski definition) is 4. The Morgan fingerprint density at radius 2 is 1.88 bits per heavy atom. The summed E-state index contributed by atoms with van der Waals surface area (Å²) >= 11 is 0. The maximum Gasteiger partial charge on any atom is 0.291 e. The minimum absolute atomic E-state index is 0.204. The Balaban J connectivity index is 1.56. The van der Waals surface area contributed by atoms with Crippen LogP contribution in [0, 0.1) is 5.95 Å². The Labute approximate surface area is 142 Å². The summed E-state index contributed by atoms with van der Waals surface area (Å²) in [5, 5.41) is 5.39. The predicted octanol–water partition coefficient (Wildman–Crippen LogP) is 3.00. The maximum atomic E-state index is 13.0. The van der Waals surface area contributed by atoms with E-state index < -0.39 is 11.9 Å². The third-order valence-corrected chi connectivity index (χ3v) is 3.40. The number of carbonyl (C=O) groups excluding carboxylic acids is 2. The average Bonchev–Trinajstić information content (AvgIpc) is 3.16. The van der Waals surface area contributed by atoms with Gasteiger partial charge in [0, 0.05) is 30.1 Å². The molecule has 0 unspecified atom stereocenters. The second-order valence-corrected chi connectivity index (χ2v) is 5.18. The van der Waals surface area contributed by atoms with Gasteiger partial charge in [-0.05, 0) is 35.9 Å². The van der Waals surface area contributed by atoms with Crippen LogP contribution in [0.5, 0.6) is 0 Å². The lowest BCUT2D eigenvalue weighted by atomic mass is 10.2. The van der Waals surface area contributed by atoms with E-state index >= 15 is 0 Å². The van der Waals surface area contributed by atoms with Crippen molar-refractivity contribution in [3.63, 3.8) is 0 Å². The van der Waals surface area contributed by atoms with E-state index in [9.17, 15) is 14.0 Å². The van der Waals surface area contributed by atoms with E-state index in [1.54, 1.807) is 36.4 Å². The summed E-state index contributed by atoms with van der Waals surface area (Å²) in [7, 11) is 0. The topological polar surface area (TPSA) is 84.2 Å². The molecule has 0 aliphatic rings. The van der Waals surface area contributed by atoms with Gasteiger partial charge >= 0.3 is 0 Å². The number of nitrogens with one attached hydrogen (secondary N) is 2. The second kappa shape index (κ2) is 7.39. The molecule has 0 saturated carbocycles. The quantitative estimate of drug-likeness (QED) is 0.700. The fraction of sp³-hybridized carbons (Fsp3) is 0.0556. The number of amides is 2. The van der Waals surface area contributed by atoms with Gasteiger partial charge in [-0.15, -0.1) is 0 Å². The molecule has 1 aromatic carbocycles. The van der Waals surface area contributed by atoms with Crippen molar-refractivity contribution in [3.05, 3.63) is 83.8 Å². The number of carbonyl (C=O) groups is 2. The van der Waals surface area contributed by atoms with E-state index in [1.165, 1.54) is 18.5 Å². The molecule has 0 radical (unpaired) electrons. The number of rotatable bonds is 5. The van der Waals surface area contributed by atoms with E-state index in [4.69, 9.17) is 4.42 Å². The molecule has 0 atom stereocenters. The van der Waals surface area contributed by atoms with Gasteiger partial charge in [-0.1, -0.05) is 12.1 Å². The first kappa shape index (κ1) is 16.4. The zero-order chi connectivity index (χ0) is 17.6. The second-order valence-electron chi connectivity index (χ2n) is 5.18. The molecule has 2 heterocycles. The summed E-state index contributed by atoms with van der Waals surface area (Å²) < 4.78 is 18.0. The van der Waals surface area contributed by atoms with Crippen LogP contribution in [0.1, 0.15) is 26.5 Å². The van der Waals surface area contributed by atoms with E-state index in [0.29, 0.717) is 5.69 Å². The minimum Gasteiger partial charge on any atom is -0.459 e. The first-order chi connectivity index (χ1) is 12.1. The molecule has 2 amide bonds. The number of anilines is 1. The summed E-state index contributed by atoms with van der Waals surface area (Å²) in [6, 6.07) is 12.7. The Morgan fingerprint density at radius 1 is 1.08 bits per heavy atom. The summed E-state index contributed by atoms with van der Waals surface area (Å²) in [6.07, 6.45) is 2.66. The van der Waals surface area contributed by atoms with E-state index in [2.05, 4.69) is 15.6 Å². The highest BCUT2D eigenvalue weighted by molar-refractivity contribution is 6.02. The zero-order valence-electron chi connectivity index (χ0n) is 13.0. The molecule has 2 aromatic heterocycles. The summed E-state index contributed by atoms with van der Waals surface area (Å²) in [6.45, 7) is 0.273. The molecule has 0 bridgehead atoms. The third-order valence-electron chi connectivity index (χ3n) is 3.40. The molecule has 6 nitrogen and oxygen atoms in total. The van der Waals surface area contributed by atoms with Crippen molar-refractivity contribution in [2.75, 3.05) is 5.32 Å². The largest absolute Gasteiger partial charge is 0.459 e. The number of hydrogen-bond donors (Lipinski definition) is 2. The van der Waals surface area contributed by atoms with Crippen molar-refractivity contribution in [3.8, 4) is 0 Å². The van der Waals surface area contributed by atoms with Gasteiger partial charge in [0.15, 0.2) is 5.76 Å². The lowest BCUT2D eigenvalue weighted by Crippen LogP contribution is -2.23. The van der Waals surface area contributed by atoms with E-state index in [0.717, 1.165) is 11.6 Å². The van der Waals surface area contributed by atoms with Gasteiger partial charge in [-0.2, -0.15) is 4.39 Å². The first-order valence-electron chi connectivity index (χ1n) is 7.45. The normalized spacial score (nSPS) is 10.3. The molecular weight excluding hydrogens is 325 g/mol. The van der Waals surface area contributed by atoms with Crippen molar-refractivity contribution >= 4 is 17.5 Å². The number of halogens is 1. The number of benzene rings is 1. The highest BCUT2D eigenvalue weighted by Crippen LogP contribution is 2.12. The molecule has 0 aliphatic heterocycles. The van der Waals surface area contributed by atoms with Gasteiger partial charge in [0.05, 0.1) is 6.26 Å². The summed E-state index contributed by atoms with van der Waals surface area (Å²) in [5.74, 6) is -1.22. The van der Waals surface area contributed by atoms with Crippen molar-refractivity contribution in [1.82, 2.24) is 10.3 Å². The van der Waals surface area contributed by atoms with Crippen LogP contribution >= 0.6 is 0 Å². The fourth-order valence-electron chi connectivity index (χ4n) is 2.13. The standard InChI is InChI=1S/C18H14FN3O3/c19-16-10-13(7-8-20-16)17(23)21-11-12-3-5-14(6-4-12)22-18(24)15-2-1-9-25-15/h1-10H,11H2,(H,21,23)(H,22,24). The first-order valence-corrected chi connectivity index (χ1v) is 7.45. The Kier molecular flexibility index (Phi) is 4.84. The average molecular weight is 339 g/mol. The van der Waals surface area contributed by atoms with Crippen LogP contribution in [-0.4, -0.2) is 16.8 Å². The Morgan fingerprint density at radius 3 is 2.56 bits per heavy atom. The Hall–Kier alpha value is -3.48. The molecule has 0 saturated heterocycles. The lowest BCUT2D eigenvalue weighted by Gasteiger charge is -2.07. The smallest absolute Gasteiger partial charge is 0.291 e. The molecule has 25 heavy (non-hydrogen) atoms. The fourth-order valence-corrected chi connectivity index (χ4v) is 2.13. The van der Waals surface area contributed by atoms with Crippen molar-refractivity contribution in [2.45, 2.75) is 6.54 Å². The summed E-state index contributed by atoms with van der Waals surface area (Å²) in [5.41, 5.74) is 1.64. The minimum atomic E-state index is -0.704. The third kappa shape index (κ3) is 4.29. The van der Waals surface area contributed by atoms with Crippen LogP contribution in [0.3, 0.4) is 0 Å². The van der Waals surface area contributed by atoms with E-state index in [-0.39, 0.29) is 23.8 Å². The molecular formula is C18H14FN3O3. The molecule has 2 N–H and O–H groups in total. The van der Waals surface area contributed by atoms with Crippen LogP contribution in [0.15, 0.2) is 65.4 Å². The van der Waals surface area contributed by atoms with Gasteiger partial charge in [-0.3, -0.25) is 9.59 Å². The van der Waals surface area contributed by atoms with Crippen molar-refractivity contribution < 1.29 is 18.4 Å². The Bertz CT molecular complexity index is 877. The predicted molar refractivity (Wildman–Crippen MR) is 88.5 cm³/mol. The molecule has 0 fully saturated rings. The van der Waals surface area contributed by atoms with E-state index in [1.807, 2.05) is 0 Å². The van der Waals surface area contributed by atoms with Gasteiger partial charge in [0.2, 0.25) is 5.95 Å². The van der Waals surface area contributed by atoms with Gasteiger partial charge in [0.1, 0.15) is 0 Å². The van der Waals surface area contributed by atoms with Crippen LogP contribution in [0.2, 0.25) is 0 Å². The molecule has 0 aliphatic carbocycles. The number of pyridine rings is 1. The number of aromatic nitrogens is 1. The van der Waals surface area contributed by atoms with Crippen molar-refractivity contribution in [2.24, 2.45) is 0 Å². The van der Waals surface area contributed by atoms with Crippen LogP contribution in [0.25, 0.3) is 0 Å². The highest BCUT2D eigenvalue weighted by Gasteiger charge is 2.09. The lowest BCUT2D eigenvalue weighted by molar-refractivity contribution is 0.0949. The highest BCUT2D eigenvalue weighted by atomic mass is 19.1. The monoisotopic (exact) mass is 339 g/mol. The molecule has 0 spiro atoms. The molecule has 3 rings (SSSR count). The molecule has 126 valence electrons. The molecule has 7 heteroatoms. The SMILES string of the molecule is O=C(NCc1ccc(NC(=O)c2ccco2)cc1)c1ccnc(F)c1. The van der Waals surface area contributed by atoms with Crippen LogP contribution in [-0.2, 0) is 6.54 Å². The van der Waals surface area contributed by atoms with Crippen LogP contribution < -0.4 is 10.6 Å². The number of nitrogens with zero attached hydrogens (tertiary/aromatic N) is 1.